The van der Waals surface area contributed by atoms with Crippen LogP contribution >= 0.6 is 11.6 Å². The maximum Gasteiger partial charge on any atom is 0.326 e. The fourth-order valence-electron chi connectivity index (χ4n) is 2.13. The molecule has 20 heavy (non-hydrogen) atoms. The summed E-state index contributed by atoms with van der Waals surface area (Å²) in [4.78, 5) is 23.2. The number of halogens is 1. The lowest BCUT2D eigenvalue weighted by Crippen LogP contribution is -2.45. The molecule has 0 aliphatic carbocycles. The Kier molecular flexibility index (Phi) is 4.98. The Morgan fingerprint density at radius 1 is 1.50 bits per heavy atom. The molecule has 0 aromatic heterocycles. The molecule has 0 unspecified atom stereocenters. The van der Waals surface area contributed by atoms with Gasteiger partial charge in [0.15, 0.2) is 0 Å². The van der Waals surface area contributed by atoms with Crippen LogP contribution in [0.2, 0.25) is 5.02 Å². The van der Waals surface area contributed by atoms with E-state index in [1.54, 1.807) is 24.3 Å². The Balaban J connectivity index is 2.00. The third kappa shape index (κ3) is 3.95. The van der Waals surface area contributed by atoms with Gasteiger partial charge in [-0.2, -0.15) is 0 Å². The Hall–Kier alpha value is -1.59. The van der Waals surface area contributed by atoms with E-state index in [1.165, 1.54) is 0 Å². The first-order valence-electron chi connectivity index (χ1n) is 6.41. The first-order valence-corrected chi connectivity index (χ1v) is 6.79. The summed E-state index contributed by atoms with van der Waals surface area (Å²) in [5.74, 6) is -1.58. The fourth-order valence-corrected chi connectivity index (χ4v) is 2.34. The van der Waals surface area contributed by atoms with Crippen LogP contribution in [0.1, 0.15) is 12.0 Å². The SMILES string of the molecule is O=C(N[C@H](Cc1cccc(Cl)c1)C(=O)O)[C@@H]1CCOC1. The van der Waals surface area contributed by atoms with E-state index >= 15 is 0 Å². The fraction of sp³-hybridized carbons (Fsp3) is 0.429. The Labute approximate surface area is 121 Å². The van der Waals surface area contributed by atoms with Gasteiger partial charge in [-0.15, -0.1) is 0 Å². The highest BCUT2D eigenvalue weighted by Crippen LogP contribution is 2.15. The topological polar surface area (TPSA) is 75.6 Å². The third-order valence-corrected chi connectivity index (χ3v) is 3.48. The molecule has 108 valence electrons. The van der Waals surface area contributed by atoms with Crippen molar-refractivity contribution in [1.29, 1.82) is 0 Å². The van der Waals surface area contributed by atoms with Crippen LogP contribution in [0.15, 0.2) is 24.3 Å². The minimum absolute atomic E-state index is 0.204. The number of carboxylic acids is 1. The summed E-state index contributed by atoms with van der Waals surface area (Å²) in [5.41, 5.74) is 0.771. The van der Waals surface area contributed by atoms with E-state index in [0.29, 0.717) is 24.7 Å². The highest BCUT2D eigenvalue weighted by molar-refractivity contribution is 6.30. The molecule has 2 rings (SSSR count). The molecule has 0 saturated carbocycles. The van der Waals surface area contributed by atoms with Gasteiger partial charge in [0, 0.05) is 18.1 Å². The third-order valence-electron chi connectivity index (χ3n) is 3.24. The van der Waals surface area contributed by atoms with Gasteiger partial charge in [0.25, 0.3) is 0 Å². The molecule has 1 amide bonds. The molecule has 2 N–H and O–H groups in total. The molecule has 0 bridgehead atoms. The minimum atomic E-state index is -1.06. The van der Waals surface area contributed by atoms with E-state index in [1.807, 2.05) is 0 Å². The van der Waals surface area contributed by atoms with E-state index in [4.69, 9.17) is 16.3 Å². The van der Waals surface area contributed by atoms with Crippen LogP contribution in [0.3, 0.4) is 0 Å². The number of nitrogens with one attached hydrogen (secondary N) is 1. The summed E-state index contributed by atoms with van der Waals surface area (Å²) in [6.45, 7) is 0.902. The average Bonchev–Trinajstić information content (AvgIpc) is 2.91. The zero-order chi connectivity index (χ0) is 14.5. The first-order chi connectivity index (χ1) is 9.56. The van der Waals surface area contributed by atoms with Crippen LogP contribution in [0.4, 0.5) is 0 Å². The Morgan fingerprint density at radius 3 is 2.90 bits per heavy atom. The van der Waals surface area contributed by atoms with Crippen molar-refractivity contribution in [3.63, 3.8) is 0 Å². The van der Waals surface area contributed by atoms with Crippen molar-refractivity contribution < 1.29 is 19.4 Å². The van der Waals surface area contributed by atoms with E-state index in [0.717, 1.165) is 5.56 Å². The number of carbonyl (C=O) groups excluding carboxylic acids is 1. The summed E-state index contributed by atoms with van der Waals surface area (Å²) in [5, 5.41) is 12.3. The van der Waals surface area contributed by atoms with Crippen LogP contribution in [0.25, 0.3) is 0 Å². The van der Waals surface area contributed by atoms with Gasteiger partial charge in [-0.1, -0.05) is 23.7 Å². The number of rotatable bonds is 5. The smallest absolute Gasteiger partial charge is 0.326 e. The van der Waals surface area contributed by atoms with Crippen molar-refractivity contribution >= 4 is 23.5 Å². The quantitative estimate of drug-likeness (QED) is 0.863. The monoisotopic (exact) mass is 297 g/mol. The maximum atomic E-state index is 11.9. The van der Waals surface area contributed by atoms with Crippen LogP contribution < -0.4 is 5.32 Å². The van der Waals surface area contributed by atoms with Crippen molar-refractivity contribution in [1.82, 2.24) is 5.32 Å². The Bertz CT molecular complexity index is 500. The molecule has 1 aliphatic heterocycles. The number of ether oxygens (including phenoxy) is 1. The van der Waals surface area contributed by atoms with Crippen molar-refractivity contribution in [2.45, 2.75) is 18.9 Å². The molecule has 2 atom stereocenters. The second-order valence-corrected chi connectivity index (χ2v) is 5.23. The molecule has 6 heteroatoms. The maximum absolute atomic E-state index is 11.9. The lowest BCUT2D eigenvalue weighted by Gasteiger charge is -2.17. The summed E-state index contributed by atoms with van der Waals surface area (Å²) < 4.78 is 5.13. The van der Waals surface area contributed by atoms with Crippen LogP contribution in [-0.2, 0) is 20.7 Å². The van der Waals surface area contributed by atoms with Gasteiger partial charge in [0.1, 0.15) is 6.04 Å². The molecule has 1 saturated heterocycles. The molecule has 1 heterocycles. The van der Waals surface area contributed by atoms with Crippen molar-refractivity contribution in [2.24, 2.45) is 5.92 Å². The summed E-state index contributed by atoms with van der Waals surface area (Å²) in [6, 6.07) is 5.99. The molecule has 1 aromatic carbocycles. The lowest BCUT2D eigenvalue weighted by molar-refractivity contribution is -0.142. The number of hydrogen-bond donors (Lipinski definition) is 2. The summed E-state index contributed by atoms with van der Waals surface area (Å²) >= 11 is 5.87. The largest absolute Gasteiger partial charge is 0.480 e. The van der Waals surface area contributed by atoms with Gasteiger partial charge >= 0.3 is 5.97 Å². The zero-order valence-corrected chi connectivity index (χ0v) is 11.6. The average molecular weight is 298 g/mol. The standard InChI is InChI=1S/C14H16ClNO4/c15-11-3-1-2-9(6-11)7-12(14(18)19)16-13(17)10-4-5-20-8-10/h1-3,6,10,12H,4-5,7-8H2,(H,16,17)(H,18,19)/t10-,12-/m1/s1. The highest BCUT2D eigenvalue weighted by Gasteiger charge is 2.28. The van der Waals surface area contributed by atoms with Crippen LogP contribution in [0.5, 0.6) is 0 Å². The predicted molar refractivity (Wildman–Crippen MR) is 73.6 cm³/mol. The molecule has 0 radical (unpaired) electrons. The number of amides is 1. The van der Waals surface area contributed by atoms with Gasteiger partial charge in [-0.05, 0) is 24.1 Å². The molecule has 5 nitrogen and oxygen atoms in total. The van der Waals surface area contributed by atoms with Crippen molar-refractivity contribution in [2.75, 3.05) is 13.2 Å². The normalized spacial score (nSPS) is 19.6. The van der Waals surface area contributed by atoms with Gasteiger partial charge in [-0.3, -0.25) is 4.79 Å². The number of aliphatic carboxylic acids is 1. The molecule has 1 fully saturated rings. The molecule has 1 aromatic rings. The van der Waals surface area contributed by atoms with Gasteiger partial charge < -0.3 is 15.2 Å². The number of carbonyl (C=O) groups is 2. The lowest BCUT2D eigenvalue weighted by atomic mass is 10.0. The highest BCUT2D eigenvalue weighted by atomic mass is 35.5. The van der Waals surface area contributed by atoms with E-state index in [9.17, 15) is 14.7 Å². The van der Waals surface area contributed by atoms with E-state index in [-0.39, 0.29) is 18.2 Å². The number of benzene rings is 1. The Morgan fingerprint density at radius 2 is 2.30 bits per heavy atom. The predicted octanol–water partition coefficient (Wildman–Crippen LogP) is 1.49. The van der Waals surface area contributed by atoms with Gasteiger partial charge in [0.05, 0.1) is 12.5 Å². The second-order valence-electron chi connectivity index (χ2n) is 4.79. The summed E-state index contributed by atoms with van der Waals surface area (Å²) in [7, 11) is 0. The van der Waals surface area contributed by atoms with E-state index < -0.39 is 12.0 Å². The molecule has 0 spiro atoms. The first kappa shape index (κ1) is 14.8. The van der Waals surface area contributed by atoms with Crippen molar-refractivity contribution in [3.05, 3.63) is 34.9 Å². The van der Waals surface area contributed by atoms with Crippen LogP contribution in [-0.4, -0.2) is 36.2 Å². The zero-order valence-electron chi connectivity index (χ0n) is 10.8. The van der Waals surface area contributed by atoms with E-state index in [2.05, 4.69) is 5.32 Å². The van der Waals surface area contributed by atoms with Gasteiger partial charge in [0.2, 0.25) is 5.91 Å². The minimum Gasteiger partial charge on any atom is -0.480 e. The summed E-state index contributed by atoms with van der Waals surface area (Å²) in [6.07, 6.45) is 0.838. The second kappa shape index (κ2) is 6.72. The van der Waals surface area contributed by atoms with Crippen molar-refractivity contribution in [3.8, 4) is 0 Å². The van der Waals surface area contributed by atoms with Gasteiger partial charge in [-0.25, -0.2) is 4.79 Å². The number of hydrogen-bond acceptors (Lipinski definition) is 3. The molecular formula is C14H16ClNO4. The number of carboxylic acid groups (broad SMARTS) is 1. The molecular weight excluding hydrogens is 282 g/mol. The molecule has 1 aliphatic rings. The van der Waals surface area contributed by atoms with Crippen LogP contribution in [0, 0.1) is 5.92 Å².